The fraction of sp³-hybridized carbons (Fsp3) is 0.278. The molecule has 0 N–H and O–H groups in total. The average molecular weight is 324 g/mol. The van der Waals surface area contributed by atoms with Crippen molar-refractivity contribution in [2.24, 2.45) is 7.05 Å². The molecule has 0 aliphatic carbocycles. The molecule has 0 atom stereocenters. The lowest BCUT2D eigenvalue weighted by atomic mass is 10.2. The highest BCUT2D eigenvalue weighted by Crippen LogP contribution is 2.22. The molecule has 0 aliphatic heterocycles. The smallest absolute Gasteiger partial charge is 0.228 e. The molecule has 6 nitrogen and oxygen atoms in total. The molecule has 0 unspecified atom stereocenters. The van der Waals surface area contributed by atoms with Crippen LogP contribution in [0.4, 0.5) is 0 Å². The second-order valence-corrected chi connectivity index (χ2v) is 5.84. The Hall–Kier alpha value is -2.89. The van der Waals surface area contributed by atoms with Gasteiger partial charge in [0.2, 0.25) is 11.8 Å². The number of aromatic nitrogens is 3. The van der Waals surface area contributed by atoms with Crippen LogP contribution in [0.5, 0.6) is 0 Å². The molecule has 3 aromatic rings. The van der Waals surface area contributed by atoms with E-state index in [-0.39, 0.29) is 12.3 Å². The van der Waals surface area contributed by atoms with Crippen LogP contribution >= 0.6 is 0 Å². The average Bonchev–Trinajstić information content (AvgIpc) is 3.14. The molecule has 1 aromatic carbocycles. The third kappa shape index (κ3) is 3.53. The van der Waals surface area contributed by atoms with Gasteiger partial charge in [0.15, 0.2) is 0 Å². The second-order valence-electron chi connectivity index (χ2n) is 5.84. The number of hydrogen-bond acceptors (Lipinski definition) is 4. The summed E-state index contributed by atoms with van der Waals surface area (Å²) in [5.41, 5.74) is 2.58. The van der Waals surface area contributed by atoms with Crippen LogP contribution in [0.3, 0.4) is 0 Å². The van der Waals surface area contributed by atoms with E-state index in [4.69, 9.17) is 4.42 Å². The van der Waals surface area contributed by atoms with Crippen molar-refractivity contribution in [3.63, 3.8) is 0 Å². The van der Waals surface area contributed by atoms with Crippen LogP contribution in [-0.2, 0) is 24.8 Å². The van der Waals surface area contributed by atoms with Gasteiger partial charge in [0.25, 0.3) is 0 Å². The first-order valence-corrected chi connectivity index (χ1v) is 7.76. The summed E-state index contributed by atoms with van der Waals surface area (Å²) in [4.78, 5) is 18.6. The first kappa shape index (κ1) is 16.0. The monoisotopic (exact) mass is 324 g/mol. The van der Waals surface area contributed by atoms with Gasteiger partial charge in [0.1, 0.15) is 5.76 Å². The largest absolute Gasteiger partial charge is 0.441 e. The zero-order valence-corrected chi connectivity index (χ0v) is 14.1. The molecule has 0 aliphatic rings. The van der Waals surface area contributed by atoms with E-state index in [2.05, 4.69) is 10.1 Å². The van der Waals surface area contributed by atoms with Gasteiger partial charge >= 0.3 is 0 Å². The third-order valence-corrected chi connectivity index (χ3v) is 3.84. The number of benzene rings is 1. The predicted molar refractivity (Wildman–Crippen MR) is 90.1 cm³/mol. The molecule has 0 spiro atoms. The Labute approximate surface area is 140 Å². The highest BCUT2D eigenvalue weighted by molar-refractivity contribution is 5.78. The van der Waals surface area contributed by atoms with Crippen molar-refractivity contribution >= 4 is 5.91 Å². The van der Waals surface area contributed by atoms with Gasteiger partial charge in [-0.3, -0.25) is 9.48 Å². The molecule has 0 fully saturated rings. The Kier molecular flexibility index (Phi) is 4.46. The first-order valence-electron chi connectivity index (χ1n) is 7.76. The molecule has 124 valence electrons. The highest BCUT2D eigenvalue weighted by atomic mass is 16.4. The molecule has 1 amide bonds. The maximum absolute atomic E-state index is 12.4. The topological polar surface area (TPSA) is 64.2 Å². The van der Waals surface area contributed by atoms with Gasteiger partial charge in [-0.15, -0.1) is 0 Å². The minimum absolute atomic E-state index is 0.00475. The molecule has 0 bridgehead atoms. The van der Waals surface area contributed by atoms with Crippen molar-refractivity contribution in [3.05, 3.63) is 59.7 Å². The van der Waals surface area contributed by atoms with Gasteiger partial charge in [-0.1, -0.05) is 18.2 Å². The summed E-state index contributed by atoms with van der Waals surface area (Å²) < 4.78 is 7.43. The standard InChI is InChI=1S/C18H20N4O2/c1-13-16(20-18(24-13)15-7-5-4-6-8-15)9-17(23)21(2)11-14-10-19-22(3)12-14/h4-8,10,12H,9,11H2,1-3H3. The van der Waals surface area contributed by atoms with Gasteiger partial charge in [0, 0.05) is 38.0 Å². The fourth-order valence-corrected chi connectivity index (χ4v) is 2.49. The molecule has 0 radical (unpaired) electrons. The van der Waals surface area contributed by atoms with Crippen LogP contribution in [0.15, 0.2) is 47.1 Å². The predicted octanol–water partition coefficient (Wildman–Crippen LogP) is 2.58. The van der Waals surface area contributed by atoms with E-state index in [9.17, 15) is 4.79 Å². The second kappa shape index (κ2) is 6.70. The number of likely N-dealkylation sites (N-methyl/N-ethyl adjacent to an activating group) is 1. The van der Waals surface area contributed by atoms with Crippen LogP contribution in [0.2, 0.25) is 0 Å². The lowest BCUT2D eigenvalue weighted by Gasteiger charge is -2.15. The fourth-order valence-electron chi connectivity index (χ4n) is 2.49. The van der Waals surface area contributed by atoms with E-state index >= 15 is 0 Å². The van der Waals surface area contributed by atoms with Crippen LogP contribution in [0.25, 0.3) is 11.5 Å². The van der Waals surface area contributed by atoms with Crippen LogP contribution in [0, 0.1) is 6.92 Å². The van der Waals surface area contributed by atoms with Crippen molar-refractivity contribution in [1.82, 2.24) is 19.7 Å². The molecule has 0 saturated carbocycles. The Morgan fingerprint density at radius 2 is 2.04 bits per heavy atom. The van der Waals surface area contributed by atoms with E-state index in [1.807, 2.05) is 50.5 Å². The van der Waals surface area contributed by atoms with Crippen LogP contribution in [0.1, 0.15) is 17.0 Å². The van der Waals surface area contributed by atoms with Gasteiger partial charge in [-0.25, -0.2) is 4.98 Å². The quantitative estimate of drug-likeness (QED) is 0.723. The van der Waals surface area contributed by atoms with E-state index in [1.165, 1.54) is 0 Å². The maximum Gasteiger partial charge on any atom is 0.228 e. The summed E-state index contributed by atoms with van der Waals surface area (Å²) in [7, 11) is 3.64. The van der Waals surface area contributed by atoms with Gasteiger partial charge in [-0.2, -0.15) is 5.10 Å². The first-order chi connectivity index (χ1) is 11.5. The zero-order valence-electron chi connectivity index (χ0n) is 14.1. The van der Waals surface area contributed by atoms with Crippen molar-refractivity contribution in [3.8, 4) is 11.5 Å². The SMILES string of the molecule is Cc1oc(-c2ccccc2)nc1CC(=O)N(C)Cc1cnn(C)c1. The number of nitrogens with zero attached hydrogens (tertiary/aromatic N) is 4. The van der Waals surface area contributed by atoms with Crippen molar-refractivity contribution < 1.29 is 9.21 Å². The Morgan fingerprint density at radius 3 is 2.71 bits per heavy atom. The summed E-state index contributed by atoms with van der Waals surface area (Å²) >= 11 is 0. The molecule has 24 heavy (non-hydrogen) atoms. The zero-order chi connectivity index (χ0) is 17.1. The van der Waals surface area contributed by atoms with E-state index in [1.54, 1.807) is 22.8 Å². The molecular formula is C18H20N4O2. The molecule has 2 aromatic heterocycles. The Bertz CT molecular complexity index is 836. The summed E-state index contributed by atoms with van der Waals surface area (Å²) in [5.74, 6) is 1.22. The van der Waals surface area contributed by atoms with Crippen LogP contribution < -0.4 is 0 Å². The normalized spacial score (nSPS) is 10.8. The van der Waals surface area contributed by atoms with E-state index < -0.39 is 0 Å². The summed E-state index contributed by atoms with van der Waals surface area (Å²) in [6.45, 7) is 2.36. The van der Waals surface area contributed by atoms with E-state index in [0.717, 1.165) is 11.1 Å². The Morgan fingerprint density at radius 1 is 1.29 bits per heavy atom. The molecule has 6 heteroatoms. The highest BCUT2D eigenvalue weighted by Gasteiger charge is 2.17. The van der Waals surface area contributed by atoms with Crippen molar-refractivity contribution in [2.45, 2.75) is 19.9 Å². The molecular weight excluding hydrogens is 304 g/mol. The number of amides is 1. The lowest BCUT2D eigenvalue weighted by molar-refractivity contribution is -0.129. The van der Waals surface area contributed by atoms with Crippen molar-refractivity contribution in [2.75, 3.05) is 7.05 Å². The number of oxazole rings is 1. The Balaban J connectivity index is 1.69. The molecule has 2 heterocycles. The number of carbonyl (C=O) groups excluding carboxylic acids is 1. The molecule has 3 rings (SSSR count). The number of rotatable bonds is 5. The lowest BCUT2D eigenvalue weighted by Crippen LogP contribution is -2.27. The van der Waals surface area contributed by atoms with Gasteiger partial charge in [0.05, 0.1) is 18.3 Å². The van der Waals surface area contributed by atoms with Gasteiger partial charge < -0.3 is 9.32 Å². The van der Waals surface area contributed by atoms with Crippen molar-refractivity contribution in [1.29, 1.82) is 0 Å². The summed E-state index contributed by atoms with van der Waals surface area (Å²) in [5, 5.41) is 4.12. The maximum atomic E-state index is 12.4. The minimum atomic E-state index is -0.00475. The number of aryl methyl sites for hydroxylation is 2. The van der Waals surface area contributed by atoms with Crippen LogP contribution in [-0.4, -0.2) is 32.6 Å². The number of carbonyl (C=O) groups is 1. The van der Waals surface area contributed by atoms with E-state index in [0.29, 0.717) is 23.9 Å². The minimum Gasteiger partial charge on any atom is -0.441 e. The summed E-state index contributed by atoms with van der Waals surface area (Å²) in [6.07, 6.45) is 3.89. The number of hydrogen-bond donors (Lipinski definition) is 0. The molecule has 0 saturated heterocycles. The summed E-state index contributed by atoms with van der Waals surface area (Å²) in [6, 6.07) is 9.68. The van der Waals surface area contributed by atoms with Gasteiger partial charge in [-0.05, 0) is 19.1 Å². The third-order valence-electron chi connectivity index (χ3n) is 3.84.